The van der Waals surface area contributed by atoms with Crippen molar-refractivity contribution in [1.29, 1.82) is 0 Å². The molecule has 8 heteroatoms. The number of thiazole rings is 1. The van der Waals surface area contributed by atoms with Crippen LogP contribution in [0.2, 0.25) is 0 Å². The van der Waals surface area contributed by atoms with E-state index in [0.717, 1.165) is 10.6 Å². The highest BCUT2D eigenvalue weighted by Gasteiger charge is 2.17. The molecular weight excluding hydrogens is 378 g/mol. The van der Waals surface area contributed by atoms with Gasteiger partial charge in [-0.05, 0) is 23.6 Å². The molecule has 0 radical (unpaired) electrons. The fourth-order valence-corrected chi connectivity index (χ4v) is 4.84. The highest BCUT2D eigenvalue weighted by molar-refractivity contribution is 7.91. The Morgan fingerprint density at radius 3 is 2.64 bits per heavy atom. The van der Waals surface area contributed by atoms with E-state index in [0.29, 0.717) is 5.69 Å². The molecule has 0 spiro atoms. The minimum Gasteiger partial charge on any atom is -0.459 e. The zero-order valence-corrected chi connectivity index (χ0v) is 15.6. The number of thiophene rings is 1. The van der Waals surface area contributed by atoms with Crippen LogP contribution in [0.3, 0.4) is 0 Å². The van der Waals surface area contributed by atoms with Crippen LogP contribution in [0.1, 0.15) is 12.1 Å². The van der Waals surface area contributed by atoms with Crippen LogP contribution in [-0.2, 0) is 26.0 Å². The predicted octanol–water partition coefficient (Wildman–Crippen LogP) is 3.78. The monoisotopic (exact) mass is 393 g/mol. The van der Waals surface area contributed by atoms with E-state index in [1.807, 2.05) is 22.2 Å². The van der Waals surface area contributed by atoms with Crippen molar-refractivity contribution in [2.75, 3.05) is 5.75 Å². The van der Waals surface area contributed by atoms with E-state index in [1.165, 1.54) is 23.5 Å². The van der Waals surface area contributed by atoms with Crippen molar-refractivity contribution in [3.63, 3.8) is 0 Å². The lowest BCUT2D eigenvalue weighted by Gasteiger charge is -2.05. The number of aromatic nitrogens is 1. The van der Waals surface area contributed by atoms with Gasteiger partial charge in [-0.2, -0.15) is 11.3 Å². The Kier molecular flexibility index (Phi) is 5.62. The SMILES string of the molecule is O=C(CCS(=O)(=O)c1ccccc1)OCc1csc(-c2ccsc2)n1. The highest BCUT2D eigenvalue weighted by atomic mass is 32.2. The van der Waals surface area contributed by atoms with E-state index in [2.05, 4.69) is 4.98 Å². The molecule has 0 amide bonds. The van der Waals surface area contributed by atoms with Gasteiger partial charge in [0.2, 0.25) is 0 Å². The van der Waals surface area contributed by atoms with Gasteiger partial charge >= 0.3 is 5.97 Å². The lowest BCUT2D eigenvalue weighted by Crippen LogP contribution is -2.13. The third-order valence-corrected chi connectivity index (χ3v) is 6.73. The van der Waals surface area contributed by atoms with Gasteiger partial charge in [0.25, 0.3) is 0 Å². The van der Waals surface area contributed by atoms with Crippen molar-refractivity contribution in [3.8, 4) is 10.6 Å². The molecule has 3 aromatic rings. The molecule has 5 nitrogen and oxygen atoms in total. The van der Waals surface area contributed by atoms with Gasteiger partial charge in [-0.25, -0.2) is 13.4 Å². The Labute approximate surface area is 153 Å². The summed E-state index contributed by atoms with van der Waals surface area (Å²) in [7, 11) is -3.48. The standard InChI is InChI=1S/C17H15NO4S3/c19-16(7-9-25(20,21)15-4-2-1-3-5-15)22-10-14-12-24-17(18-14)13-6-8-23-11-13/h1-6,8,11-12H,7,9-10H2. The second-order valence-corrected chi connectivity index (χ2v) is 8.95. The molecule has 0 bridgehead atoms. The zero-order chi connectivity index (χ0) is 17.7. The highest BCUT2D eigenvalue weighted by Crippen LogP contribution is 2.25. The van der Waals surface area contributed by atoms with Crippen LogP contribution in [0.25, 0.3) is 10.6 Å². The maximum atomic E-state index is 12.1. The van der Waals surface area contributed by atoms with Gasteiger partial charge < -0.3 is 4.74 Å². The molecule has 2 aromatic heterocycles. The maximum Gasteiger partial charge on any atom is 0.307 e. The molecule has 0 aliphatic rings. The van der Waals surface area contributed by atoms with Gasteiger partial charge in [0.05, 0.1) is 22.8 Å². The second kappa shape index (κ2) is 7.90. The lowest BCUT2D eigenvalue weighted by atomic mass is 10.4. The molecule has 0 aliphatic carbocycles. The molecule has 0 atom stereocenters. The van der Waals surface area contributed by atoms with E-state index < -0.39 is 15.8 Å². The first kappa shape index (κ1) is 17.8. The number of carbonyl (C=O) groups excluding carboxylic acids is 1. The van der Waals surface area contributed by atoms with Gasteiger partial charge in [0.15, 0.2) is 9.84 Å². The Morgan fingerprint density at radius 2 is 1.92 bits per heavy atom. The number of ether oxygens (including phenoxy) is 1. The van der Waals surface area contributed by atoms with Gasteiger partial charge in [-0.1, -0.05) is 18.2 Å². The molecule has 25 heavy (non-hydrogen) atoms. The first-order valence-electron chi connectivity index (χ1n) is 7.45. The number of nitrogens with zero attached hydrogens (tertiary/aromatic N) is 1. The van der Waals surface area contributed by atoms with Crippen LogP contribution in [0.4, 0.5) is 0 Å². The number of rotatable bonds is 7. The van der Waals surface area contributed by atoms with Gasteiger partial charge in [-0.15, -0.1) is 11.3 Å². The Hall–Kier alpha value is -2.03. The molecule has 0 saturated heterocycles. The van der Waals surface area contributed by atoms with Crippen LogP contribution >= 0.6 is 22.7 Å². The average molecular weight is 394 g/mol. The molecule has 3 rings (SSSR count). The van der Waals surface area contributed by atoms with Crippen molar-refractivity contribution in [2.45, 2.75) is 17.9 Å². The van der Waals surface area contributed by atoms with Crippen LogP contribution in [0.5, 0.6) is 0 Å². The Morgan fingerprint density at radius 1 is 1.12 bits per heavy atom. The van der Waals surface area contributed by atoms with Crippen LogP contribution < -0.4 is 0 Å². The van der Waals surface area contributed by atoms with Crippen LogP contribution in [0.15, 0.2) is 57.4 Å². The summed E-state index contributed by atoms with van der Waals surface area (Å²) >= 11 is 3.08. The topological polar surface area (TPSA) is 73.3 Å². The molecule has 0 aliphatic heterocycles. The lowest BCUT2D eigenvalue weighted by molar-refractivity contribution is -0.144. The van der Waals surface area contributed by atoms with Crippen molar-refractivity contribution in [2.24, 2.45) is 0 Å². The summed E-state index contributed by atoms with van der Waals surface area (Å²) in [6.07, 6.45) is -0.182. The van der Waals surface area contributed by atoms with E-state index in [9.17, 15) is 13.2 Å². The molecule has 2 heterocycles. The fourth-order valence-electron chi connectivity index (χ4n) is 2.08. The fraction of sp³-hybridized carbons (Fsp3) is 0.176. The van der Waals surface area contributed by atoms with Gasteiger partial charge in [-0.3, -0.25) is 4.79 Å². The first-order valence-corrected chi connectivity index (χ1v) is 10.9. The Bertz CT molecular complexity index is 931. The minimum absolute atomic E-state index is 0.0465. The quantitative estimate of drug-likeness (QED) is 0.571. The molecule has 0 fully saturated rings. The summed E-state index contributed by atoms with van der Waals surface area (Å²) in [6.45, 7) is 0.0465. The van der Waals surface area contributed by atoms with Crippen molar-refractivity contribution >= 4 is 38.5 Å². The second-order valence-electron chi connectivity index (χ2n) is 5.20. The summed E-state index contributed by atoms with van der Waals surface area (Å²) in [5, 5.41) is 6.69. The first-order chi connectivity index (χ1) is 12.0. The van der Waals surface area contributed by atoms with Gasteiger partial charge in [0, 0.05) is 16.3 Å². The van der Waals surface area contributed by atoms with Crippen molar-refractivity contribution in [3.05, 3.63) is 58.2 Å². The largest absolute Gasteiger partial charge is 0.459 e. The minimum atomic E-state index is -3.48. The maximum absolute atomic E-state index is 12.1. The van der Waals surface area contributed by atoms with E-state index in [4.69, 9.17) is 4.74 Å². The molecule has 0 saturated carbocycles. The number of esters is 1. The summed E-state index contributed by atoms with van der Waals surface area (Å²) < 4.78 is 29.4. The number of hydrogen-bond donors (Lipinski definition) is 0. The Balaban J connectivity index is 1.50. The number of benzene rings is 1. The molecule has 0 N–H and O–H groups in total. The average Bonchev–Trinajstić information content (AvgIpc) is 3.30. The summed E-state index contributed by atoms with van der Waals surface area (Å²) in [6, 6.07) is 10.1. The zero-order valence-electron chi connectivity index (χ0n) is 13.1. The number of sulfone groups is 1. The molecule has 1 aromatic carbocycles. The van der Waals surface area contributed by atoms with Gasteiger partial charge in [0.1, 0.15) is 11.6 Å². The summed E-state index contributed by atoms with van der Waals surface area (Å²) in [5.74, 6) is -0.822. The smallest absolute Gasteiger partial charge is 0.307 e. The molecular formula is C17H15NO4S3. The van der Waals surface area contributed by atoms with E-state index in [-0.39, 0.29) is 23.7 Å². The summed E-state index contributed by atoms with van der Waals surface area (Å²) in [4.78, 5) is 16.4. The third kappa shape index (κ3) is 4.75. The third-order valence-electron chi connectivity index (χ3n) is 3.38. The van der Waals surface area contributed by atoms with Crippen LogP contribution in [0, 0.1) is 0 Å². The van der Waals surface area contributed by atoms with Crippen molar-refractivity contribution < 1.29 is 17.9 Å². The number of hydrogen-bond acceptors (Lipinski definition) is 7. The van der Waals surface area contributed by atoms with E-state index in [1.54, 1.807) is 29.5 Å². The van der Waals surface area contributed by atoms with E-state index >= 15 is 0 Å². The molecule has 0 unspecified atom stereocenters. The normalized spacial score (nSPS) is 11.4. The van der Waals surface area contributed by atoms with Crippen LogP contribution in [-0.4, -0.2) is 25.1 Å². The summed E-state index contributed by atoms with van der Waals surface area (Å²) in [5.41, 5.74) is 1.70. The molecule has 130 valence electrons. The van der Waals surface area contributed by atoms with Crippen molar-refractivity contribution in [1.82, 2.24) is 4.98 Å². The predicted molar refractivity (Wildman–Crippen MR) is 98.3 cm³/mol. The number of carbonyl (C=O) groups is 1.